The molecule has 0 saturated heterocycles. The summed E-state index contributed by atoms with van der Waals surface area (Å²) < 4.78 is 0. The summed E-state index contributed by atoms with van der Waals surface area (Å²) in [7, 11) is 0. The molecule has 1 aromatic rings. The highest BCUT2D eigenvalue weighted by Gasteiger charge is 2.16. The van der Waals surface area contributed by atoms with Crippen LogP contribution >= 0.6 is 0 Å². The normalized spacial score (nSPS) is 12.5. The van der Waals surface area contributed by atoms with Gasteiger partial charge in [0.1, 0.15) is 0 Å². The zero-order valence-electron chi connectivity index (χ0n) is 31.9. The van der Waals surface area contributed by atoms with Gasteiger partial charge in [-0.05, 0) is 87.2 Å². The fraction of sp³-hybridized carbons (Fsp3) is 0.761. The van der Waals surface area contributed by atoms with Gasteiger partial charge in [0.2, 0.25) is 0 Å². The smallest absolute Gasteiger partial charge is 0.0228 e. The fourth-order valence-corrected chi connectivity index (χ4v) is 6.80. The van der Waals surface area contributed by atoms with E-state index in [-0.39, 0.29) is 0 Å². The number of allylic oxidation sites excluding steroid dienone is 4. The Morgan fingerprint density at radius 1 is 0.500 bits per heavy atom. The Bertz CT molecular complexity index is 797. The molecule has 265 valence electrons. The summed E-state index contributed by atoms with van der Waals surface area (Å²) in [6.07, 6.45) is 51.3. The lowest BCUT2D eigenvalue weighted by Gasteiger charge is -2.24. The first-order valence-electron chi connectivity index (χ1n) is 20.8. The standard InChI is InChI=1S/C46H81/c1-5-7-9-11-13-14-15-16-17-18-19-20-21-25-29-36-42-46(3,4)43-37-30-26-22-24-28-33-39-44(45-40-34-31-35-41-45)38-32-27-23-12-10-8-6-2/h16-17,31,34-35,37-38,40-41H,5-15,18-30,32-33,36,39,42-43H2,1-4H3. The Morgan fingerprint density at radius 3 is 1.52 bits per heavy atom. The van der Waals surface area contributed by atoms with Crippen LogP contribution < -0.4 is 0 Å². The molecule has 0 N–H and O–H groups in total. The van der Waals surface area contributed by atoms with E-state index in [1.54, 1.807) is 5.57 Å². The zero-order chi connectivity index (χ0) is 33.2. The van der Waals surface area contributed by atoms with E-state index in [4.69, 9.17) is 0 Å². The Morgan fingerprint density at radius 2 is 0.957 bits per heavy atom. The molecule has 1 rings (SSSR count). The molecule has 0 aliphatic carbocycles. The second-order valence-corrected chi connectivity index (χ2v) is 15.3. The van der Waals surface area contributed by atoms with E-state index in [2.05, 4.69) is 82.7 Å². The summed E-state index contributed by atoms with van der Waals surface area (Å²) in [5.74, 6) is 0. The van der Waals surface area contributed by atoms with Gasteiger partial charge in [-0.25, -0.2) is 0 Å². The maximum absolute atomic E-state index is 2.61. The van der Waals surface area contributed by atoms with Gasteiger partial charge >= 0.3 is 0 Å². The van der Waals surface area contributed by atoms with Crippen LogP contribution in [-0.2, 0) is 0 Å². The van der Waals surface area contributed by atoms with Crippen LogP contribution in [-0.4, -0.2) is 0 Å². The van der Waals surface area contributed by atoms with Crippen LogP contribution in [0.3, 0.4) is 0 Å². The molecule has 0 fully saturated rings. The van der Waals surface area contributed by atoms with Gasteiger partial charge in [0.15, 0.2) is 0 Å². The molecule has 1 aromatic carbocycles. The van der Waals surface area contributed by atoms with Gasteiger partial charge in [0, 0.05) is 0 Å². The first-order valence-corrected chi connectivity index (χ1v) is 20.8. The van der Waals surface area contributed by atoms with E-state index in [0.29, 0.717) is 5.41 Å². The summed E-state index contributed by atoms with van der Waals surface area (Å²) in [6.45, 7) is 9.58. The molecule has 0 unspecified atom stereocenters. The largest absolute Gasteiger partial charge is 0.0885 e. The highest BCUT2D eigenvalue weighted by Crippen LogP contribution is 2.30. The van der Waals surface area contributed by atoms with Crippen LogP contribution in [0.15, 0.2) is 48.6 Å². The number of hydrogen-bond acceptors (Lipinski definition) is 0. The van der Waals surface area contributed by atoms with Crippen molar-refractivity contribution in [2.24, 2.45) is 5.41 Å². The minimum atomic E-state index is 0.483. The first kappa shape index (κ1) is 42.7. The van der Waals surface area contributed by atoms with Crippen molar-refractivity contribution in [2.75, 3.05) is 0 Å². The van der Waals surface area contributed by atoms with E-state index in [0.717, 1.165) is 0 Å². The Kier molecular flexibility index (Phi) is 30.0. The lowest BCUT2D eigenvalue weighted by atomic mass is 9.81. The third-order valence-electron chi connectivity index (χ3n) is 10.0. The minimum absolute atomic E-state index is 0.483. The van der Waals surface area contributed by atoms with Crippen LogP contribution in [0, 0.1) is 11.8 Å². The molecular formula is C46H81. The molecule has 0 aliphatic heterocycles. The lowest BCUT2D eigenvalue weighted by Crippen LogP contribution is -2.11. The average Bonchev–Trinajstić information content (AvgIpc) is 3.06. The Hall–Kier alpha value is -1.30. The Balaban J connectivity index is 1.99. The summed E-state index contributed by atoms with van der Waals surface area (Å²) in [5.41, 5.74) is 3.52. The van der Waals surface area contributed by atoms with Crippen LogP contribution in [0.1, 0.15) is 226 Å². The van der Waals surface area contributed by atoms with E-state index in [1.807, 2.05) is 0 Å². The minimum Gasteiger partial charge on any atom is -0.0885 e. The third-order valence-corrected chi connectivity index (χ3v) is 10.0. The quantitative estimate of drug-likeness (QED) is 0.0523. The van der Waals surface area contributed by atoms with Gasteiger partial charge in [-0.2, -0.15) is 0 Å². The van der Waals surface area contributed by atoms with E-state index < -0.39 is 0 Å². The lowest BCUT2D eigenvalue weighted by molar-refractivity contribution is 0.309. The predicted molar refractivity (Wildman–Crippen MR) is 211 cm³/mol. The van der Waals surface area contributed by atoms with E-state index in [9.17, 15) is 0 Å². The van der Waals surface area contributed by atoms with Crippen molar-refractivity contribution >= 4 is 5.57 Å². The van der Waals surface area contributed by atoms with Crippen molar-refractivity contribution in [3.63, 3.8) is 0 Å². The highest BCUT2D eigenvalue weighted by atomic mass is 14.2. The maximum atomic E-state index is 2.61. The summed E-state index contributed by atoms with van der Waals surface area (Å²) in [5, 5.41) is 0. The molecule has 0 heterocycles. The molecule has 0 amide bonds. The summed E-state index contributed by atoms with van der Waals surface area (Å²) in [4.78, 5) is 0. The number of rotatable bonds is 34. The predicted octanol–water partition coefficient (Wildman–Crippen LogP) is 16.6. The van der Waals surface area contributed by atoms with Crippen molar-refractivity contribution in [3.05, 3.63) is 60.5 Å². The zero-order valence-corrected chi connectivity index (χ0v) is 31.9. The van der Waals surface area contributed by atoms with Crippen molar-refractivity contribution in [2.45, 2.75) is 220 Å². The maximum Gasteiger partial charge on any atom is -0.0228 e. The van der Waals surface area contributed by atoms with Gasteiger partial charge in [0.25, 0.3) is 0 Å². The van der Waals surface area contributed by atoms with Crippen molar-refractivity contribution < 1.29 is 0 Å². The van der Waals surface area contributed by atoms with Crippen LogP contribution in [0.4, 0.5) is 0 Å². The van der Waals surface area contributed by atoms with Crippen molar-refractivity contribution in [3.8, 4) is 0 Å². The Labute approximate surface area is 291 Å². The molecule has 0 saturated carbocycles. The molecule has 0 heteroatoms. The van der Waals surface area contributed by atoms with Gasteiger partial charge in [-0.15, -0.1) is 0 Å². The SMILES string of the molecule is CCCCCCCCC=CCCCCCCCCC(C)(C)C[CH]CCCCCCCC(=CCCCCCCCC)c1ccccc1. The molecule has 0 nitrogen and oxygen atoms in total. The van der Waals surface area contributed by atoms with E-state index >= 15 is 0 Å². The van der Waals surface area contributed by atoms with Crippen molar-refractivity contribution in [1.82, 2.24) is 0 Å². The van der Waals surface area contributed by atoms with E-state index in [1.165, 1.54) is 198 Å². The summed E-state index contributed by atoms with van der Waals surface area (Å²) >= 11 is 0. The molecule has 0 spiro atoms. The molecule has 0 bridgehead atoms. The number of unbranched alkanes of at least 4 members (excludes halogenated alkanes) is 24. The average molecular weight is 634 g/mol. The highest BCUT2D eigenvalue weighted by molar-refractivity contribution is 5.65. The molecule has 46 heavy (non-hydrogen) atoms. The van der Waals surface area contributed by atoms with Gasteiger partial charge in [-0.1, -0.05) is 205 Å². The summed E-state index contributed by atoms with van der Waals surface area (Å²) in [6, 6.07) is 11.2. The first-order chi connectivity index (χ1) is 22.6. The molecule has 1 radical (unpaired) electrons. The van der Waals surface area contributed by atoms with Crippen LogP contribution in [0.25, 0.3) is 5.57 Å². The van der Waals surface area contributed by atoms with Crippen LogP contribution in [0.5, 0.6) is 0 Å². The topological polar surface area (TPSA) is 0 Å². The van der Waals surface area contributed by atoms with Gasteiger partial charge < -0.3 is 0 Å². The molecular weight excluding hydrogens is 553 g/mol. The molecule has 0 atom stereocenters. The second kappa shape index (κ2) is 32.3. The third kappa shape index (κ3) is 27.8. The number of benzene rings is 1. The molecule has 0 aliphatic rings. The second-order valence-electron chi connectivity index (χ2n) is 15.3. The monoisotopic (exact) mass is 634 g/mol. The van der Waals surface area contributed by atoms with Crippen LogP contribution in [0.2, 0.25) is 0 Å². The van der Waals surface area contributed by atoms with Gasteiger partial charge in [-0.3, -0.25) is 0 Å². The van der Waals surface area contributed by atoms with Crippen molar-refractivity contribution in [1.29, 1.82) is 0 Å². The fourth-order valence-electron chi connectivity index (χ4n) is 6.80. The number of hydrogen-bond donors (Lipinski definition) is 0. The van der Waals surface area contributed by atoms with Gasteiger partial charge in [0.05, 0.1) is 0 Å². The molecule has 0 aromatic heterocycles.